The number of thioether (sulfide) groups is 1. The van der Waals surface area contributed by atoms with E-state index in [2.05, 4.69) is 15.8 Å². The number of halogens is 1. The molecule has 3 rings (SSSR count). The molecule has 1 aromatic rings. The Balaban J connectivity index is 0.00000320. The average Bonchev–Trinajstić information content (AvgIpc) is 3.15. The first-order chi connectivity index (χ1) is 14.0. The summed E-state index contributed by atoms with van der Waals surface area (Å²) in [5, 5.41) is 7.58. The van der Waals surface area contributed by atoms with Crippen LogP contribution in [0.5, 0.6) is 0 Å². The smallest absolute Gasteiger partial charge is 0.310 e. The van der Waals surface area contributed by atoms with E-state index in [1.54, 1.807) is 12.1 Å². The van der Waals surface area contributed by atoms with Crippen molar-refractivity contribution in [1.29, 1.82) is 0 Å². The number of carbonyl (C=O) groups excluding carboxylic acids is 3. The van der Waals surface area contributed by atoms with Gasteiger partial charge in [0.15, 0.2) is 5.17 Å². The van der Waals surface area contributed by atoms with Crippen molar-refractivity contribution in [3.63, 3.8) is 0 Å². The van der Waals surface area contributed by atoms with E-state index in [0.29, 0.717) is 10.7 Å². The minimum absolute atomic E-state index is 0. The van der Waals surface area contributed by atoms with E-state index >= 15 is 0 Å². The summed E-state index contributed by atoms with van der Waals surface area (Å²) < 4.78 is 0. The van der Waals surface area contributed by atoms with Crippen LogP contribution in [-0.4, -0.2) is 47.0 Å². The Bertz CT molecular complexity index is 811. The fraction of sp³-hybridized carbons (Fsp3) is 0.524. The van der Waals surface area contributed by atoms with Gasteiger partial charge in [-0.15, -0.1) is 17.5 Å². The van der Waals surface area contributed by atoms with Crippen molar-refractivity contribution in [2.75, 3.05) is 19.3 Å². The lowest BCUT2D eigenvalue weighted by molar-refractivity contribution is -0.140. The largest absolute Gasteiger partial charge is 0.352 e. The molecule has 1 aromatic carbocycles. The second-order valence-corrected chi connectivity index (χ2v) is 8.66. The Morgan fingerprint density at radius 2 is 1.87 bits per heavy atom. The second-order valence-electron chi connectivity index (χ2n) is 7.60. The Kier molecular flexibility index (Phi) is 9.17. The number of hydrogen-bond acceptors (Lipinski definition) is 5. The third-order valence-corrected chi connectivity index (χ3v) is 6.53. The van der Waals surface area contributed by atoms with E-state index in [4.69, 9.17) is 0 Å². The summed E-state index contributed by atoms with van der Waals surface area (Å²) in [6.45, 7) is 2.71. The van der Waals surface area contributed by atoms with Crippen LogP contribution in [0, 0.1) is 12.8 Å². The lowest BCUT2D eigenvalue weighted by Crippen LogP contribution is -2.43. The van der Waals surface area contributed by atoms with Crippen molar-refractivity contribution < 1.29 is 14.4 Å². The highest BCUT2D eigenvalue weighted by atomic mass is 35.5. The van der Waals surface area contributed by atoms with Crippen LogP contribution in [0.2, 0.25) is 0 Å². The summed E-state index contributed by atoms with van der Waals surface area (Å²) >= 11 is 1.52. The molecule has 30 heavy (non-hydrogen) atoms. The van der Waals surface area contributed by atoms with Crippen molar-refractivity contribution in [2.45, 2.75) is 45.1 Å². The maximum atomic E-state index is 13.0. The van der Waals surface area contributed by atoms with Gasteiger partial charge in [0.1, 0.15) is 6.04 Å². The summed E-state index contributed by atoms with van der Waals surface area (Å²) in [6.07, 6.45) is 4.82. The minimum atomic E-state index is -1.01. The Hall–Kier alpha value is -2.06. The zero-order chi connectivity index (χ0) is 20.8. The van der Waals surface area contributed by atoms with Gasteiger partial charge in [0.2, 0.25) is 11.7 Å². The molecule has 1 aliphatic heterocycles. The van der Waals surface area contributed by atoms with E-state index in [1.165, 1.54) is 11.8 Å². The van der Waals surface area contributed by atoms with E-state index in [9.17, 15) is 14.4 Å². The molecule has 7 nitrogen and oxygen atoms in total. The molecule has 1 aliphatic carbocycles. The number of hydrogen-bond donors (Lipinski definition) is 2. The van der Waals surface area contributed by atoms with Crippen LogP contribution in [0.4, 0.5) is 0 Å². The molecule has 0 radical (unpaired) electrons. The maximum Gasteiger partial charge on any atom is 0.310 e. The molecule has 1 atom stereocenters. The molecule has 1 unspecified atom stereocenters. The number of nitrogens with one attached hydrogen (secondary N) is 2. The van der Waals surface area contributed by atoms with Crippen LogP contribution in [0.15, 0.2) is 29.4 Å². The van der Waals surface area contributed by atoms with Gasteiger partial charge in [0.05, 0.1) is 0 Å². The molecule has 1 heterocycles. The molecule has 0 aromatic heterocycles. The van der Waals surface area contributed by atoms with Crippen LogP contribution in [0.1, 0.15) is 49.3 Å². The number of amides is 2. The number of nitrogens with zero attached hydrogens (tertiary/aromatic N) is 2. The molecular formula is C21H29ClN4O3S. The summed E-state index contributed by atoms with van der Waals surface area (Å²) in [5.74, 6) is -0.900. The Morgan fingerprint density at radius 1 is 1.17 bits per heavy atom. The second kappa shape index (κ2) is 11.4. The average molecular weight is 453 g/mol. The van der Waals surface area contributed by atoms with Crippen LogP contribution in [0.25, 0.3) is 0 Å². The predicted octanol–water partition coefficient (Wildman–Crippen LogP) is 2.79. The topological polar surface area (TPSA) is 90.9 Å². The first-order valence-electron chi connectivity index (χ1n) is 10.1. The molecule has 9 heteroatoms. The SMILES string of the molecule is Cc1ccccc1C(NC(=O)C1CCCCC1)C(=O)C(=O)NN=C1SCCN1C.Cl. The highest BCUT2D eigenvalue weighted by Gasteiger charge is 2.32. The fourth-order valence-electron chi connectivity index (χ4n) is 3.70. The van der Waals surface area contributed by atoms with Crippen LogP contribution in [0.3, 0.4) is 0 Å². The quantitative estimate of drug-likeness (QED) is 0.511. The van der Waals surface area contributed by atoms with Crippen molar-refractivity contribution in [3.8, 4) is 0 Å². The van der Waals surface area contributed by atoms with E-state index in [0.717, 1.165) is 50.0 Å². The maximum absolute atomic E-state index is 13.0. The van der Waals surface area contributed by atoms with Gasteiger partial charge in [0, 0.05) is 25.3 Å². The third kappa shape index (κ3) is 5.98. The van der Waals surface area contributed by atoms with Crippen LogP contribution in [-0.2, 0) is 14.4 Å². The van der Waals surface area contributed by atoms with Crippen LogP contribution < -0.4 is 10.7 Å². The van der Waals surface area contributed by atoms with Crippen LogP contribution >= 0.6 is 24.2 Å². The third-order valence-electron chi connectivity index (χ3n) is 5.49. The Morgan fingerprint density at radius 3 is 2.50 bits per heavy atom. The summed E-state index contributed by atoms with van der Waals surface area (Å²) in [7, 11) is 1.88. The van der Waals surface area contributed by atoms with Gasteiger partial charge in [0.25, 0.3) is 0 Å². The standard InChI is InChI=1S/C21H28N4O3S.ClH/c1-14-8-6-7-11-16(14)17(22-19(27)15-9-4-3-5-10-15)18(26)20(28)23-24-21-25(2)12-13-29-21;/h6-8,11,15,17H,3-5,9-10,12-13H2,1-2H3,(H,22,27)(H,23,28);1H. The first-order valence-corrected chi connectivity index (χ1v) is 11.1. The van der Waals surface area contributed by atoms with Gasteiger partial charge in [-0.05, 0) is 30.9 Å². The number of benzene rings is 1. The van der Waals surface area contributed by atoms with E-state index < -0.39 is 17.7 Å². The molecule has 0 spiro atoms. The number of Topliss-reactive ketones (excluding diaryl/α,β-unsaturated/α-hetero) is 1. The fourth-order valence-corrected chi connectivity index (χ4v) is 4.67. The summed E-state index contributed by atoms with van der Waals surface area (Å²) in [5.41, 5.74) is 3.85. The normalized spacial score (nSPS) is 19.1. The number of ketones is 1. The molecule has 164 valence electrons. The first kappa shape index (κ1) is 24.2. The molecule has 1 saturated carbocycles. The highest BCUT2D eigenvalue weighted by Crippen LogP contribution is 2.26. The van der Waals surface area contributed by atoms with E-state index in [-0.39, 0.29) is 24.2 Å². The van der Waals surface area contributed by atoms with Gasteiger partial charge in [-0.1, -0.05) is 55.3 Å². The zero-order valence-electron chi connectivity index (χ0n) is 17.3. The number of rotatable bonds is 6. The zero-order valence-corrected chi connectivity index (χ0v) is 19.0. The number of amidine groups is 1. The van der Waals surface area contributed by atoms with Crippen molar-refractivity contribution in [3.05, 3.63) is 35.4 Å². The molecule has 2 fully saturated rings. The predicted molar refractivity (Wildman–Crippen MR) is 122 cm³/mol. The highest BCUT2D eigenvalue weighted by molar-refractivity contribution is 8.14. The lowest BCUT2D eigenvalue weighted by Gasteiger charge is -2.25. The molecule has 2 amide bonds. The molecule has 2 N–H and O–H groups in total. The minimum Gasteiger partial charge on any atom is -0.352 e. The van der Waals surface area contributed by atoms with Gasteiger partial charge < -0.3 is 10.2 Å². The van der Waals surface area contributed by atoms with Gasteiger partial charge in [-0.25, -0.2) is 5.43 Å². The van der Waals surface area contributed by atoms with Crippen molar-refractivity contribution >= 4 is 46.9 Å². The van der Waals surface area contributed by atoms with Gasteiger partial charge in [-0.3, -0.25) is 14.4 Å². The Labute approximate surface area is 187 Å². The van der Waals surface area contributed by atoms with Crippen molar-refractivity contribution in [2.24, 2.45) is 11.0 Å². The van der Waals surface area contributed by atoms with Gasteiger partial charge in [-0.2, -0.15) is 0 Å². The lowest BCUT2D eigenvalue weighted by atomic mass is 9.88. The summed E-state index contributed by atoms with van der Waals surface area (Å²) in [4.78, 5) is 40.2. The number of aryl methyl sites for hydroxylation is 1. The van der Waals surface area contributed by atoms with E-state index in [1.807, 2.05) is 31.0 Å². The number of hydrazone groups is 1. The number of carbonyl (C=O) groups is 3. The van der Waals surface area contributed by atoms with Crippen molar-refractivity contribution in [1.82, 2.24) is 15.6 Å². The monoisotopic (exact) mass is 452 g/mol. The summed E-state index contributed by atoms with van der Waals surface area (Å²) in [6, 6.07) is 6.30. The molecule has 2 aliphatic rings. The molecular weight excluding hydrogens is 424 g/mol. The molecule has 0 bridgehead atoms. The molecule has 1 saturated heterocycles. The van der Waals surface area contributed by atoms with Gasteiger partial charge >= 0.3 is 5.91 Å².